The van der Waals surface area contributed by atoms with E-state index >= 15 is 0 Å². The molecular weight excluding hydrogens is 406 g/mol. The van der Waals surface area contributed by atoms with Crippen LogP contribution in [0.5, 0.6) is 0 Å². The van der Waals surface area contributed by atoms with Crippen LogP contribution in [-0.2, 0) is 16.0 Å². The van der Waals surface area contributed by atoms with Crippen LogP contribution in [0.4, 0.5) is 11.4 Å². The Morgan fingerprint density at radius 2 is 1.90 bits per heavy atom. The van der Waals surface area contributed by atoms with Gasteiger partial charge < -0.3 is 10.4 Å². The van der Waals surface area contributed by atoms with Crippen LogP contribution in [0.3, 0.4) is 0 Å². The number of amides is 2. The van der Waals surface area contributed by atoms with Crippen molar-refractivity contribution < 1.29 is 19.6 Å². The number of hydrogen-bond acceptors (Lipinski definition) is 7. The number of carbonyl (C=O) groups is 2. The molecule has 0 fully saturated rings. The van der Waals surface area contributed by atoms with Crippen LogP contribution in [0.25, 0.3) is 0 Å². The Labute approximate surface area is 177 Å². The van der Waals surface area contributed by atoms with Crippen molar-refractivity contribution in [2.45, 2.75) is 17.7 Å². The zero-order chi connectivity index (χ0) is 21.5. The smallest absolute Gasteiger partial charge is 0.277 e. The van der Waals surface area contributed by atoms with E-state index < -0.39 is 16.7 Å². The summed E-state index contributed by atoms with van der Waals surface area (Å²) in [5, 5.41) is 23.1. The molecule has 0 aromatic heterocycles. The Kier molecular flexibility index (Phi) is 7.21. The number of benzene rings is 2. The molecule has 0 bridgehead atoms. The molecule has 2 N–H and O–H groups in total. The fraction of sp³-hybridized carbons (Fsp3) is 0.238. The second-order valence-corrected chi connectivity index (χ2v) is 7.78. The minimum Gasteiger partial charge on any atom is -0.395 e. The van der Waals surface area contributed by atoms with Gasteiger partial charge in [0.15, 0.2) is 0 Å². The first kappa shape index (κ1) is 21.5. The van der Waals surface area contributed by atoms with E-state index in [1.807, 2.05) is 18.2 Å². The van der Waals surface area contributed by atoms with Gasteiger partial charge in [0.2, 0.25) is 0 Å². The number of nitro benzene ring substituents is 1. The molecule has 2 aromatic rings. The SMILES string of the molecule is O=C1C=C(Nc2cc(SCCCc3ccccc3)cc([N+](=O)[O-])c2)C(=O)N1CCO. The summed E-state index contributed by atoms with van der Waals surface area (Å²) in [5.74, 6) is -0.324. The molecule has 0 saturated heterocycles. The highest BCUT2D eigenvalue weighted by Gasteiger charge is 2.30. The number of aliphatic hydroxyl groups excluding tert-OH is 1. The summed E-state index contributed by atoms with van der Waals surface area (Å²) in [5.41, 5.74) is 1.51. The number of thioether (sulfide) groups is 1. The van der Waals surface area contributed by atoms with Crippen molar-refractivity contribution in [1.82, 2.24) is 4.90 Å². The quantitative estimate of drug-likeness (QED) is 0.197. The largest absolute Gasteiger partial charge is 0.395 e. The van der Waals surface area contributed by atoms with Gasteiger partial charge in [0, 0.05) is 28.8 Å². The predicted octanol–water partition coefficient (Wildman–Crippen LogP) is 2.98. The molecule has 1 aliphatic heterocycles. The number of aliphatic hydroxyl groups is 1. The molecule has 156 valence electrons. The topological polar surface area (TPSA) is 113 Å². The van der Waals surface area contributed by atoms with Gasteiger partial charge in [0.1, 0.15) is 5.70 Å². The Morgan fingerprint density at radius 1 is 1.13 bits per heavy atom. The Morgan fingerprint density at radius 3 is 2.60 bits per heavy atom. The molecule has 0 saturated carbocycles. The summed E-state index contributed by atoms with van der Waals surface area (Å²) in [4.78, 5) is 36.6. The van der Waals surface area contributed by atoms with E-state index in [0.29, 0.717) is 10.6 Å². The third-order valence-electron chi connectivity index (χ3n) is 4.44. The van der Waals surface area contributed by atoms with E-state index in [1.165, 1.54) is 29.5 Å². The maximum Gasteiger partial charge on any atom is 0.277 e. The minimum atomic E-state index is -0.572. The van der Waals surface area contributed by atoms with Crippen molar-refractivity contribution in [2.75, 3.05) is 24.2 Å². The number of carbonyl (C=O) groups excluding carboxylic acids is 2. The number of hydrogen-bond donors (Lipinski definition) is 2. The average Bonchev–Trinajstić information content (AvgIpc) is 2.99. The third-order valence-corrected chi connectivity index (χ3v) is 5.50. The first-order valence-electron chi connectivity index (χ1n) is 9.39. The number of nitrogens with zero attached hydrogens (tertiary/aromatic N) is 2. The molecule has 0 unspecified atom stereocenters. The molecule has 0 atom stereocenters. The summed E-state index contributed by atoms with van der Waals surface area (Å²) in [6.45, 7) is -0.435. The van der Waals surface area contributed by atoms with Gasteiger partial charge >= 0.3 is 0 Å². The molecule has 3 rings (SSSR count). The van der Waals surface area contributed by atoms with Crippen molar-refractivity contribution in [2.24, 2.45) is 0 Å². The first-order chi connectivity index (χ1) is 14.5. The van der Waals surface area contributed by atoms with Gasteiger partial charge in [-0.25, -0.2) is 0 Å². The van der Waals surface area contributed by atoms with Crippen LogP contribution in [0.1, 0.15) is 12.0 Å². The summed E-state index contributed by atoms with van der Waals surface area (Å²) < 4.78 is 0. The van der Waals surface area contributed by atoms with Crippen LogP contribution >= 0.6 is 11.8 Å². The van der Waals surface area contributed by atoms with Crippen molar-refractivity contribution in [3.05, 3.63) is 76.0 Å². The first-order valence-corrected chi connectivity index (χ1v) is 10.4. The van der Waals surface area contributed by atoms with Crippen molar-refractivity contribution in [3.8, 4) is 0 Å². The highest BCUT2D eigenvalue weighted by atomic mass is 32.2. The lowest BCUT2D eigenvalue weighted by Gasteiger charge is -2.13. The Hall–Kier alpha value is -3.17. The van der Waals surface area contributed by atoms with Crippen LogP contribution < -0.4 is 5.32 Å². The zero-order valence-corrected chi connectivity index (χ0v) is 16.9. The fourth-order valence-corrected chi connectivity index (χ4v) is 3.96. The van der Waals surface area contributed by atoms with Gasteiger partial charge in [-0.1, -0.05) is 30.3 Å². The van der Waals surface area contributed by atoms with Crippen LogP contribution in [0.15, 0.2) is 65.2 Å². The van der Waals surface area contributed by atoms with E-state index in [4.69, 9.17) is 5.11 Å². The number of anilines is 1. The molecule has 30 heavy (non-hydrogen) atoms. The number of β-amino-alcohol motifs (C(OH)–C–C–N with tert-alkyl or cyclic N) is 1. The number of non-ortho nitro benzene ring substituents is 1. The average molecular weight is 427 g/mol. The fourth-order valence-electron chi connectivity index (χ4n) is 3.02. The molecule has 8 nitrogen and oxygen atoms in total. The van der Waals surface area contributed by atoms with Gasteiger partial charge in [-0.3, -0.25) is 24.6 Å². The molecule has 2 aromatic carbocycles. The number of rotatable bonds is 10. The molecule has 0 radical (unpaired) electrons. The van der Waals surface area contributed by atoms with Crippen LogP contribution in [0.2, 0.25) is 0 Å². The molecule has 1 aliphatic rings. The highest BCUT2D eigenvalue weighted by molar-refractivity contribution is 7.99. The second-order valence-electron chi connectivity index (χ2n) is 6.61. The standard InChI is InChI=1S/C21H21N3O5S/c25-9-8-23-20(26)14-19(21(23)27)22-16-11-17(24(28)29)13-18(12-16)30-10-4-7-15-5-2-1-3-6-15/h1-3,5-6,11-14,22,25H,4,7-10H2. The Balaban J connectivity index is 1.67. The van der Waals surface area contributed by atoms with Gasteiger partial charge in [-0.15, -0.1) is 11.8 Å². The molecular formula is C21H21N3O5S. The molecule has 9 heteroatoms. The monoisotopic (exact) mass is 427 g/mol. The van der Waals surface area contributed by atoms with E-state index in [9.17, 15) is 19.7 Å². The van der Waals surface area contributed by atoms with E-state index in [2.05, 4.69) is 17.4 Å². The molecule has 0 aliphatic carbocycles. The van der Waals surface area contributed by atoms with Crippen LogP contribution in [0, 0.1) is 10.1 Å². The summed E-state index contributed by atoms with van der Waals surface area (Å²) in [7, 11) is 0. The van der Waals surface area contributed by atoms with Gasteiger partial charge in [0.25, 0.3) is 17.5 Å². The highest BCUT2D eigenvalue weighted by Crippen LogP contribution is 2.30. The number of imide groups is 1. The van der Waals surface area contributed by atoms with Crippen molar-refractivity contribution >= 4 is 35.0 Å². The molecule has 0 spiro atoms. The van der Waals surface area contributed by atoms with Crippen molar-refractivity contribution in [1.29, 1.82) is 0 Å². The maximum atomic E-state index is 12.3. The van der Waals surface area contributed by atoms with Crippen molar-refractivity contribution in [3.63, 3.8) is 0 Å². The van der Waals surface area contributed by atoms with E-state index in [-0.39, 0.29) is 24.5 Å². The van der Waals surface area contributed by atoms with Gasteiger partial charge in [-0.2, -0.15) is 0 Å². The number of aryl methyl sites for hydroxylation is 1. The minimum absolute atomic E-state index is 0.0222. The summed E-state index contributed by atoms with van der Waals surface area (Å²) >= 11 is 1.49. The van der Waals surface area contributed by atoms with E-state index in [0.717, 1.165) is 29.6 Å². The van der Waals surface area contributed by atoms with Crippen LogP contribution in [-0.4, -0.2) is 45.6 Å². The van der Waals surface area contributed by atoms with Gasteiger partial charge in [0.05, 0.1) is 18.1 Å². The molecule has 1 heterocycles. The zero-order valence-electron chi connectivity index (χ0n) is 16.1. The lowest BCUT2D eigenvalue weighted by Crippen LogP contribution is -2.34. The molecule has 2 amide bonds. The van der Waals surface area contributed by atoms with E-state index in [1.54, 1.807) is 6.07 Å². The van der Waals surface area contributed by atoms with Gasteiger partial charge in [-0.05, 0) is 30.2 Å². The lowest BCUT2D eigenvalue weighted by atomic mass is 10.1. The predicted molar refractivity (Wildman–Crippen MR) is 114 cm³/mol. The summed E-state index contributed by atoms with van der Waals surface area (Å²) in [6.07, 6.45) is 2.95. The number of nitro groups is 1. The third kappa shape index (κ3) is 5.46. The normalized spacial score (nSPS) is 13.5. The Bertz CT molecular complexity index is 978. The lowest BCUT2D eigenvalue weighted by molar-refractivity contribution is -0.385. The second kappa shape index (κ2) is 10.0. The summed E-state index contributed by atoms with van der Waals surface area (Å²) in [6, 6.07) is 14.6. The maximum absolute atomic E-state index is 12.3. The number of nitrogens with one attached hydrogen (secondary N) is 1.